The molecule has 0 atom stereocenters. The van der Waals surface area contributed by atoms with Gasteiger partial charge < -0.3 is 9.47 Å². The fourth-order valence-electron chi connectivity index (χ4n) is 3.49. The first-order valence-electron chi connectivity index (χ1n) is 8.69. The monoisotopic (exact) mass is 347 g/mol. The molecule has 0 saturated carbocycles. The molecule has 4 nitrogen and oxygen atoms in total. The van der Waals surface area contributed by atoms with Crippen molar-refractivity contribution in [1.82, 2.24) is 14.5 Å². The first-order valence-corrected chi connectivity index (χ1v) is 9.23. The number of halogens is 1. The van der Waals surface area contributed by atoms with E-state index in [4.69, 9.17) is 11.6 Å². The zero-order chi connectivity index (χ0) is 17.3. The second-order valence-electron chi connectivity index (χ2n) is 7.51. The molecule has 0 spiro atoms. The Morgan fingerprint density at radius 3 is 2.62 bits per heavy atom. The van der Waals surface area contributed by atoms with Crippen molar-refractivity contribution in [3.63, 3.8) is 0 Å². The lowest BCUT2D eigenvalue weighted by Crippen LogP contribution is -2.46. The van der Waals surface area contributed by atoms with Crippen LogP contribution in [0, 0.1) is 18.3 Å². The van der Waals surface area contributed by atoms with Crippen LogP contribution in [0.3, 0.4) is 0 Å². The molecule has 1 aliphatic heterocycles. The van der Waals surface area contributed by atoms with E-state index in [-0.39, 0.29) is 5.91 Å². The Morgan fingerprint density at radius 2 is 1.96 bits per heavy atom. The number of likely N-dealkylation sites (tertiary alicyclic amines) is 1. The maximum atomic E-state index is 12.5. The van der Waals surface area contributed by atoms with Crippen LogP contribution < -0.4 is 0 Å². The van der Waals surface area contributed by atoms with Crippen molar-refractivity contribution in [3.05, 3.63) is 30.1 Å². The first-order chi connectivity index (χ1) is 11.4. The number of fused-ring (bicyclic) bond motifs is 1. The second kappa shape index (κ2) is 6.75. The van der Waals surface area contributed by atoms with Gasteiger partial charge in [0.05, 0.1) is 16.4 Å². The Morgan fingerprint density at radius 1 is 1.29 bits per heavy atom. The number of alkyl halides is 1. The molecule has 24 heavy (non-hydrogen) atoms. The lowest BCUT2D eigenvalue weighted by Gasteiger charge is -2.36. The fourth-order valence-corrected chi connectivity index (χ4v) is 3.60. The van der Waals surface area contributed by atoms with Gasteiger partial charge in [-0.1, -0.05) is 12.1 Å². The Bertz CT molecular complexity index is 729. The molecular weight excluding hydrogens is 322 g/mol. The maximum absolute atomic E-state index is 12.5. The van der Waals surface area contributed by atoms with Crippen LogP contribution in [0.1, 0.15) is 32.5 Å². The summed E-state index contributed by atoms with van der Waals surface area (Å²) in [6.07, 6.45) is 2.08. The number of benzene rings is 1. The number of piperidine rings is 1. The number of aromatic nitrogens is 2. The molecule has 0 unspecified atom stereocenters. The number of carbonyl (C=O) groups excluding carboxylic acids is 1. The number of nitrogens with zero attached hydrogens (tertiary/aromatic N) is 3. The van der Waals surface area contributed by atoms with Crippen molar-refractivity contribution in [3.8, 4) is 0 Å². The van der Waals surface area contributed by atoms with Crippen molar-refractivity contribution in [1.29, 1.82) is 0 Å². The van der Waals surface area contributed by atoms with Crippen LogP contribution in [0.4, 0.5) is 0 Å². The van der Waals surface area contributed by atoms with Crippen LogP contribution in [0.25, 0.3) is 11.0 Å². The van der Waals surface area contributed by atoms with Gasteiger partial charge >= 0.3 is 0 Å². The highest BCUT2D eigenvalue weighted by Crippen LogP contribution is 2.27. The lowest BCUT2D eigenvalue weighted by atomic mass is 9.90. The number of carbonyl (C=O) groups is 1. The molecule has 1 aromatic heterocycles. The van der Waals surface area contributed by atoms with E-state index in [0.29, 0.717) is 11.8 Å². The fraction of sp³-hybridized carbons (Fsp3) is 0.579. The van der Waals surface area contributed by atoms with E-state index in [0.717, 1.165) is 43.8 Å². The summed E-state index contributed by atoms with van der Waals surface area (Å²) in [5.74, 6) is 2.20. The van der Waals surface area contributed by atoms with Crippen LogP contribution >= 0.6 is 11.6 Å². The quantitative estimate of drug-likeness (QED) is 0.788. The maximum Gasteiger partial charge on any atom is 0.229 e. The van der Waals surface area contributed by atoms with Gasteiger partial charge in [0.2, 0.25) is 5.91 Å². The van der Waals surface area contributed by atoms with Crippen LogP contribution in [0.2, 0.25) is 0 Å². The summed E-state index contributed by atoms with van der Waals surface area (Å²) in [5.41, 5.74) is 1.80. The summed E-state index contributed by atoms with van der Waals surface area (Å²) in [5, 5.41) is 0. The van der Waals surface area contributed by atoms with Gasteiger partial charge in [-0.3, -0.25) is 4.79 Å². The van der Waals surface area contributed by atoms with E-state index in [1.54, 1.807) is 0 Å². The van der Waals surface area contributed by atoms with Crippen LogP contribution in [0.15, 0.2) is 24.3 Å². The van der Waals surface area contributed by atoms with Crippen molar-refractivity contribution >= 4 is 28.5 Å². The van der Waals surface area contributed by atoms with E-state index < -0.39 is 5.41 Å². The van der Waals surface area contributed by atoms with E-state index in [1.807, 2.05) is 24.8 Å². The molecule has 0 radical (unpaired) electrons. The number of para-hydroxylation sites is 2. The van der Waals surface area contributed by atoms with Gasteiger partial charge in [-0.25, -0.2) is 4.98 Å². The third kappa shape index (κ3) is 3.30. The van der Waals surface area contributed by atoms with Gasteiger partial charge in [0.15, 0.2) is 0 Å². The minimum absolute atomic E-state index is 0.181. The van der Waals surface area contributed by atoms with Crippen molar-refractivity contribution in [2.75, 3.05) is 19.0 Å². The largest absolute Gasteiger partial charge is 0.342 e. The number of hydrogen-bond donors (Lipinski definition) is 0. The molecule has 0 aliphatic carbocycles. The molecule has 2 aromatic rings. The number of hydrogen-bond acceptors (Lipinski definition) is 2. The highest BCUT2D eigenvalue weighted by atomic mass is 35.5. The van der Waals surface area contributed by atoms with Crippen LogP contribution in [-0.2, 0) is 11.3 Å². The van der Waals surface area contributed by atoms with Crippen molar-refractivity contribution in [2.45, 2.75) is 40.2 Å². The zero-order valence-corrected chi connectivity index (χ0v) is 15.5. The number of imidazole rings is 1. The van der Waals surface area contributed by atoms with Crippen molar-refractivity contribution in [2.24, 2.45) is 11.3 Å². The Hall–Kier alpha value is -1.55. The van der Waals surface area contributed by atoms with Gasteiger partial charge in [0.1, 0.15) is 5.82 Å². The SMILES string of the molecule is Cc1nc2ccccc2n1CC1CCN(C(=O)C(C)(C)CCl)CC1. The summed E-state index contributed by atoms with van der Waals surface area (Å²) in [6.45, 7) is 8.56. The topological polar surface area (TPSA) is 38.1 Å². The molecule has 0 N–H and O–H groups in total. The molecule has 2 heterocycles. The summed E-state index contributed by atoms with van der Waals surface area (Å²) in [7, 11) is 0. The Kier molecular flexibility index (Phi) is 4.86. The summed E-state index contributed by atoms with van der Waals surface area (Å²) >= 11 is 5.95. The minimum atomic E-state index is -0.467. The average Bonchev–Trinajstić information content (AvgIpc) is 2.90. The standard InChI is InChI=1S/C19H26ClN3O/c1-14-21-16-6-4-5-7-17(16)23(14)12-15-8-10-22(11-9-15)18(24)19(2,3)13-20/h4-7,15H,8-13H2,1-3H3. The van der Waals surface area contributed by atoms with Crippen LogP contribution in [0.5, 0.6) is 0 Å². The predicted molar refractivity (Wildman–Crippen MR) is 98.3 cm³/mol. The molecule has 1 saturated heterocycles. The van der Waals surface area contributed by atoms with E-state index >= 15 is 0 Å². The number of amides is 1. The van der Waals surface area contributed by atoms with Gasteiger partial charge in [0, 0.05) is 25.5 Å². The van der Waals surface area contributed by atoms with Crippen molar-refractivity contribution < 1.29 is 4.79 Å². The van der Waals surface area contributed by atoms with Crippen LogP contribution in [-0.4, -0.2) is 39.3 Å². The highest BCUT2D eigenvalue weighted by molar-refractivity contribution is 6.19. The predicted octanol–water partition coefficient (Wildman–Crippen LogP) is 3.85. The van der Waals surface area contributed by atoms with E-state index in [1.165, 1.54) is 5.52 Å². The summed E-state index contributed by atoms with van der Waals surface area (Å²) in [4.78, 5) is 19.2. The molecule has 1 aromatic carbocycles. The third-order valence-corrected chi connectivity index (χ3v) is 5.77. The number of aryl methyl sites for hydroxylation is 1. The normalized spacial score (nSPS) is 16.8. The van der Waals surface area contributed by atoms with Gasteiger partial charge in [0.25, 0.3) is 0 Å². The number of rotatable bonds is 4. The smallest absolute Gasteiger partial charge is 0.229 e. The van der Waals surface area contributed by atoms with Gasteiger partial charge in [-0.15, -0.1) is 11.6 Å². The Labute approximate surface area is 148 Å². The highest BCUT2D eigenvalue weighted by Gasteiger charge is 2.33. The molecule has 1 aliphatic rings. The average molecular weight is 348 g/mol. The second-order valence-corrected chi connectivity index (χ2v) is 7.78. The summed E-state index contributed by atoms with van der Waals surface area (Å²) < 4.78 is 2.32. The van der Waals surface area contributed by atoms with E-state index in [9.17, 15) is 4.79 Å². The first kappa shape index (κ1) is 17.3. The molecule has 0 bridgehead atoms. The Balaban J connectivity index is 1.65. The molecule has 5 heteroatoms. The molecule has 130 valence electrons. The van der Waals surface area contributed by atoms with Gasteiger partial charge in [-0.05, 0) is 51.7 Å². The van der Waals surface area contributed by atoms with Gasteiger partial charge in [-0.2, -0.15) is 0 Å². The molecule has 1 fully saturated rings. The molecule has 1 amide bonds. The molecule has 3 rings (SSSR count). The third-order valence-electron chi connectivity index (χ3n) is 5.10. The molecular formula is C19H26ClN3O. The van der Waals surface area contributed by atoms with E-state index in [2.05, 4.69) is 34.7 Å². The minimum Gasteiger partial charge on any atom is -0.342 e. The lowest BCUT2D eigenvalue weighted by molar-refractivity contribution is -0.140. The summed E-state index contributed by atoms with van der Waals surface area (Å²) in [6, 6.07) is 8.29. The zero-order valence-electron chi connectivity index (χ0n) is 14.8.